The number of halogens is 8. The van der Waals surface area contributed by atoms with E-state index >= 15 is 0 Å². The van der Waals surface area contributed by atoms with Gasteiger partial charge in [-0.3, -0.25) is 0 Å². The molecule has 0 heterocycles. The van der Waals surface area contributed by atoms with E-state index in [0.717, 1.165) is 6.07 Å². The van der Waals surface area contributed by atoms with E-state index in [9.17, 15) is 13.2 Å². The molecule has 0 aliphatic carbocycles. The summed E-state index contributed by atoms with van der Waals surface area (Å²) in [6.07, 6.45) is -4.67. The van der Waals surface area contributed by atoms with Crippen LogP contribution >= 0.6 is 56.4 Å². The molecule has 0 spiro atoms. The maximum absolute atomic E-state index is 12.7. The Kier molecular flexibility index (Phi) is 4.37. The van der Waals surface area contributed by atoms with Crippen molar-refractivity contribution in [2.75, 3.05) is 0 Å². The maximum atomic E-state index is 12.7. The molecule has 0 aromatic heterocycles. The van der Waals surface area contributed by atoms with E-state index < -0.39 is 22.9 Å². The molecule has 0 amide bonds. The van der Waals surface area contributed by atoms with Gasteiger partial charge in [0.15, 0.2) is 0 Å². The van der Waals surface area contributed by atoms with Crippen molar-refractivity contribution in [2.24, 2.45) is 0 Å². The molecule has 0 saturated heterocycles. The molecule has 0 bridgehead atoms. The predicted molar refractivity (Wildman–Crippen MR) is 64.4 cm³/mol. The molecule has 90 valence electrons. The highest BCUT2D eigenvalue weighted by Crippen LogP contribution is 2.36. The van der Waals surface area contributed by atoms with Gasteiger partial charge in [-0.25, -0.2) is 0 Å². The van der Waals surface area contributed by atoms with Crippen LogP contribution in [0.25, 0.3) is 0 Å². The van der Waals surface area contributed by atoms with Crippen molar-refractivity contribution < 1.29 is 13.2 Å². The van der Waals surface area contributed by atoms with Crippen molar-refractivity contribution in [1.29, 1.82) is 0 Å². The molecule has 0 radical (unpaired) electrons. The van der Waals surface area contributed by atoms with Crippen LogP contribution in [-0.2, 0) is 6.18 Å². The average molecular weight is 348 g/mol. The molecule has 0 N–H and O–H groups in total. The second kappa shape index (κ2) is 4.75. The molecule has 1 aromatic carbocycles. The highest BCUT2D eigenvalue weighted by atomic mass is 35.8. The summed E-state index contributed by atoms with van der Waals surface area (Å²) in [6, 6.07) is -1.94. The molecule has 0 saturated carbocycles. The fraction of sp³-hybridized carbons (Fsp3) is 0.143. The lowest BCUT2D eigenvalue weighted by Crippen LogP contribution is -2.37. The molecule has 0 aliphatic heterocycles. The van der Waals surface area contributed by atoms with E-state index in [0.29, 0.717) is 6.07 Å². The van der Waals surface area contributed by atoms with Crippen LogP contribution in [0.1, 0.15) is 5.56 Å². The minimum atomic E-state index is -4.67. The molecule has 1 aromatic rings. The zero-order valence-electron chi connectivity index (χ0n) is 7.18. The molecule has 0 aliphatic rings. The zero-order chi connectivity index (χ0) is 12.7. The Bertz CT molecular complexity index is 412. The fourth-order valence-electron chi connectivity index (χ4n) is 1.09. The summed E-state index contributed by atoms with van der Waals surface area (Å²) in [5, 5.41) is -0.938. The second-order valence-electron chi connectivity index (χ2n) is 2.81. The summed E-state index contributed by atoms with van der Waals surface area (Å²) < 4.78 is 38.0. The van der Waals surface area contributed by atoms with Gasteiger partial charge in [-0.05, 0) is 12.1 Å². The van der Waals surface area contributed by atoms with Gasteiger partial charge in [0.05, 0.1) is 5.56 Å². The molecular formula is C7H2Cl5F3Si. The SMILES string of the molecule is FC(F)(F)c1cc(Cl)cc(Cl)c1[Si](Cl)(Cl)Cl. The Balaban J connectivity index is 3.58. The highest BCUT2D eigenvalue weighted by molar-refractivity contribution is 7.69. The van der Waals surface area contributed by atoms with E-state index in [1.165, 1.54) is 0 Å². The Morgan fingerprint density at radius 1 is 1.00 bits per heavy atom. The van der Waals surface area contributed by atoms with E-state index in [2.05, 4.69) is 0 Å². The van der Waals surface area contributed by atoms with Crippen LogP contribution in [-0.4, -0.2) is 6.00 Å². The van der Waals surface area contributed by atoms with Crippen LogP contribution in [0.2, 0.25) is 10.0 Å². The zero-order valence-corrected chi connectivity index (χ0v) is 12.0. The number of hydrogen-bond donors (Lipinski definition) is 0. The first-order valence-electron chi connectivity index (χ1n) is 3.67. The normalized spacial score (nSPS) is 13.0. The first-order chi connectivity index (χ1) is 7.03. The summed E-state index contributed by atoms with van der Waals surface area (Å²) in [4.78, 5) is 0. The van der Waals surface area contributed by atoms with Gasteiger partial charge in [0.2, 0.25) is 0 Å². The van der Waals surface area contributed by atoms with E-state index in [-0.39, 0.29) is 10.0 Å². The maximum Gasteiger partial charge on any atom is 0.416 e. The summed E-state index contributed by atoms with van der Waals surface area (Å²) in [5.41, 5.74) is -1.10. The monoisotopic (exact) mass is 346 g/mol. The van der Waals surface area contributed by atoms with Gasteiger partial charge in [0.1, 0.15) is 0 Å². The molecule has 0 unspecified atom stereocenters. The summed E-state index contributed by atoms with van der Waals surface area (Å²) in [6.45, 7) is 0. The van der Waals surface area contributed by atoms with Crippen molar-refractivity contribution in [1.82, 2.24) is 0 Å². The third-order valence-electron chi connectivity index (χ3n) is 1.64. The molecular weight excluding hydrogens is 346 g/mol. The van der Waals surface area contributed by atoms with Crippen molar-refractivity contribution in [3.8, 4) is 0 Å². The largest absolute Gasteiger partial charge is 0.416 e. The van der Waals surface area contributed by atoms with Crippen molar-refractivity contribution >= 4 is 67.6 Å². The Morgan fingerprint density at radius 2 is 1.50 bits per heavy atom. The van der Waals surface area contributed by atoms with Crippen molar-refractivity contribution in [3.05, 3.63) is 27.7 Å². The van der Waals surface area contributed by atoms with Gasteiger partial charge < -0.3 is 0 Å². The van der Waals surface area contributed by atoms with E-state index in [1.807, 2.05) is 0 Å². The predicted octanol–water partition coefficient (Wildman–Crippen LogP) is 4.87. The molecule has 0 fully saturated rings. The first kappa shape index (κ1) is 14.7. The van der Waals surface area contributed by atoms with Gasteiger partial charge in [-0.2, -0.15) is 13.2 Å². The molecule has 0 nitrogen and oxygen atoms in total. The van der Waals surface area contributed by atoms with Crippen LogP contribution in [0, 0.1) is 0 Å². The first-order valence-corrected chi connectivity index (χ1v) is 9.46. The second-order valence-corrected chi connectivity index (χ2v) is 12.0. The molecule has 9 heteroatoms. The number of benzene rings is 1. The van der Waals surface area contributed by atoms with Crippen molar-refractivity contribution in [2.45, 2.75) is 6.18 Å². The summed E-state index contributed by atoms with van der Waals surface area (Å²) in [5.74, 6) is 0. The van der Waals surface area contributed by atoms with Crippen LogP contribution in [0.4, 0.5) is 13.2 Å². The van der Waals surface area contributed by atoms with E-state index in [1.54, 1.807) is 0 Å². The summed E-state index contributed by atoms with van der Waals surface area (Å²) in [7, 11) is 0. The third kappa shape index (κ3) is 3.34. The van der Waals surface area contributed by atoms with Crippen molar-refractivity contribution in [3.63, 3.8) is 0 Å². The average Bonchev–Trinajstić information content (AvgIpc) is 1.97. The van der Waals surface area contributed by atoms with E-state index in [4.69, 9.17) is 56.4 Å². The number of alkyl halides is 3. The molecule has 16 heavy (non-hydrogen) atoms. The molecule has 1 rings (SSSR count). The van der Waals surface area contributed by atoms with Crippen LogP contribution < -0.4 is 5.19 Å². The van der Waals surface area contributed by atoms with Crippen LogP contribution in [0.15, 0.2) is 12.1 Å². The van der Waals surface area contributed by atoms with Gasteiger partial charge >= 0.3 is 12.2 Å². The smallest absolute Gasteiger partial charge is 0.166 e. The Hall–Kier alpha value is 0.677. The highest BCUT2D eigenvalue weighted by Gasteiger charge is 2.43. The number of rotatable bonds is 1. The van der Waals surface area contributed by atoms with Gasteiger partial charge in [-0.1, -0.05) is 23.2 Å². The lowest BCUT2D eigenvalue weighted by molar-refractivity contribution is -0.136. The number of hydrogen-bond acceptors (Lipinski definition) is 0. The minimum absolute atomic E-state index is 0.163. The minimum Gasteiger partial charge on any atom is -0.166 e. The lowest BCUT2D eigenvalue weighted by Gasteiger charge is -2.18. The van der Waals surface area contributed by atoms with Gasteiger partial charge in [-0.15, -0.1) is 33.2 Å². The van der Waals surface area contributed by atoms with Crippen LogP contribution in [0.5, 0.6) is 0 Å². The van der Waals surface area contributed by atoms with Gasteiger partial charge in [0, 0.05) is 15.2 Å². The fourth-order valence-corrected chi connectivity index (χ4v) is 5.13. The van der Waals surface area contributed by atoms with Crippen LogP contribution in [0.3, 0.4) is 0 Å². The van der Waals surface area contributed by atoms with Gasteiger partial charge in [0.25, 0.3) is 0 Å². The lowest BCUT2D eigenvalue weighted by atomic mass is 10.2. The Morgan fingerprint density at radius 3 is 1.88 bits per heavy atom. The standard InChI is InChI=1S/C7H2Cl5F3Si/c8-3-1-4(7(13,14)15)6(5(9)2-3)16(10,11)12/h1-2H. The quantitative estimate of drug-likeness (QED) is 0.501. The third-order valence-corrected chi connectivity index (χ3v) is 5.13. The summed E-state index contributed by atoms with van der Waals surface area (Å²) >= 11 is 27.8. The molecule has 0 atom stereocenters. The topological polar surface area (TPSA) is 0 Å². The Labute approximate surface area is 114 Å².